The highest BCUT2D eigenvalue weighted by atomic mass is 32.2. The van der Waals surface area contributed by atoms with Crippen LogP contribution in [0.25, 0.3) is 11.4 Å². The second-order valence-corrected chi connectivity index (χ2v) is 9.95. The number of thioether (sulfide) groups is 1. The maximum absolute atomic E-state index is 12.9. The molecule has 2 fully saturated rings. The molecule has 0 saturated heterocycles. The number of para-hydroxylation sites is 1. The predicted octanol–water partition coefficient (Wildman–Crippen LogP) is 4.40. The molecule has 4 rings (SSSR count). The van der Waals surface area contributed by atoms with Gasteiger partial charge >= 0.3 is 0 Å². The zero-order valence-electron chi connectivity index (χ0n) is 18.3. The van der Waals surface area contributed by atoms with Crippen molar-refractivity contribution >= 4 is 17.7 Å². The van der Waals surface area contributed by atoms with Crippen molar-refractivity contribution < 1.29 is 9.53 Å². The van der Waals surface area contributed by atoms with E-state index in [4.69, 9.17) is 4.74 Å². The lowest BCUT2D eigenvalue weighted by atomic mass is 9.84. The Hall–Kier alpha value is -2.02. The summed E-state index contributed by atoms with van der Waals surface area (Å²) in [5.74, 6) is 3.95. The van der Waals surface area contributed by atoms with Crippen LogP contribution in [0.1, 0.15) is 46.5 Å². The van der Waals surface area contributed by atoms with E-state index in [1.54, 1.807) is 7.11 Å². The molecule has 2 aromatic rings. The average molecular weight is 429 g/mol. The van der Waals surface area contributed by atoms with Crippen LogP contribution in [-0.4, -0.2) is 39.1 Å². The summed E-state index contributed by atoms with van der Waals surface area (Å²) >= 11 is 1.47. The smallest absolute Gasteiger partial charge is 0.233 e. The molecule has 2 bridgehead atoms. The van der Waals surface area contributed by atoms with E-state index in [-0.39, 0.29) is 17.2 Å². The molecule has 1 aromatic heterocycles. The number of nitrogens with zero attached hydrogens (tertiary/aromatic N) is 3. The van der Waals surface area contributed by atoms with Gasteiger partial charge < -0.3 is 14.6 Å². The zero-order chi connectivity index (χ0) is 21.3. The monoisotopic (exact) mass is 428 g/mol. The molecular weight excluding hydrogens is 396 g/mol. The maximum Gasteiger partial charge on any atom is 0.233 e. The van der Waals surface area contributed by atoms with Crippen LogP contribution in [0, 0.1) is 17.8 Å². The van der Waals surface area contributed by atoms with E-state index >= 15 is 0 Å². The largest absolute Gasteiger partial charge is 0.496 e. The van der Waals surface area contributed by atoms with Gasteiger partial charge in [0.25, 0.3) is 0 Å². The van der Waals surface area contributed by atoms with Crippen LogP contribution >= 0.6 is 11.8 Å². The van der Waals surface area contributed by atoms with E-state index in [0.29, 0.717) is 5.92 Å². The summed E-state index contributed by atoms with van der Waals surface area (Å²) in [6.07, 6.45) is 5.36. The van der Waals surface area contributed by atoms with Gasteiger partial charge in [-0.05, 0) is 69.9 Å². The van der Waals surface area contributed by atoms with Gasteiger partial charge in [-0.1, -0.05) is 30.3 Å². The van der Waals surface area contributed by atoms with Gasteiger partial charge in [0, 0.05) is 12.6 Å². The van der Waals surface area contributed by atoms with E-state index in [2.05, 4.69) is 29.4 Å². The Labute approximate surface area is 183 Å². The number of hydrogen-bond acceptors (Lipinski definition) is 5. The molecule has 0 unspecified atom stereocenters. The Morgan fingerprint density at radius 3 is 2.73 bits per heavy atom. The van der Waals surface area contributed by atoms with Crippen LogP contribution in [0.2, 0.25) is 0 Å². The fraction of sp³-hybridized carbons (Fsp3) is 0.609. The number of rotatable bonds is 8. The minimum absolute atomic E-state index is 0.0831. The van der Waals surface area contributed by atoms with Gasteiger partial charge in [0.15, 0.2) is 11.0 Å². The van der Waals surface area contributed by atoms with Crippen molar-refractivity contribution in [2.24, 2.45) is 17.8 Å². The molecule has 1 amide bonds. The molecule has 1 aromatic carbocycles. The summed E-state index contributed by atoms with van der Waals surface area (Å²) in [5, 5.41) is 12.6. The molecule has 0 aliphatic heterocycles. The minimum Gasteiger partial charge on any atom is -0.496 e. The number of aromatic nitrogens is 3. The van der Waals surface area contributed by atoms with Crippen molar-refractivity contribution in [3.63, 3.8) is 0 Å². The normalized spacial score (nSPS) is 24.6. The SMILES string of the molecule is CCn1c(S[C@H](C)C(=O)N[C@@H](C)[C@@H]2C[C@H]3CC[C@H]2C3)nnc1-c1ccccc1OC. The Bertz CT molecular complexity index is 899. The molecule has 0 spiro atoms. The topological polar surface area (TPSA) is 69.0 Å². The zero-order valence-corrected chi connectivity index (χ0v) is 19.1. The number of amides is 1. The van der Waals surface area contributed by atoms with Crippen molar-refractivity contribution in [3.8, 4) is 17.1 Å². The Morgan fingerprint density at radius 2 is 2.07 bits per heavy atom. The number of methoxy groups -OCH3 is 1. The summed E-state index contributed by atoms with van der Waals surface area (Å²) in [6, 6.07) is 8.05. The summed E-state index contributed by atoms with van der Waals surface area (Å²) in [6.45, 7) is 6.91. The van der Waals surface area contributed by atoms with Crippen LogP contribution in [0.15, 0.2) is 29.4 Å². The van der Waals surface area contributed by atoms with Gasteiger partial charge in [0.2, 0.25) is 5.91 Å². The molecule has 7 heteroatoms. The quantitative estimate of drug-likeness (QED) is 0.631. The lowest BCUT2D eigenvalue weighted by Crippen LogP contribution is -2.43. The van der Waals surface area contributed by atoms with Crippen molar-refractivity contribution in [1.29, 1.82) is 0 Å². The summed E-state index contributed by atoms with van der Waals surface area (Å²) in [5.41, 5.74) is 0.906. The van der Waals surface area contributed by atoms with Crippen LogP contribution in [0.3, 0.4) is 0 Å². The average Bonchev–Trinajstić information content (AvgIpc) is 3.49. The molecule has 1 N–H and O–H groups in total. The number of nitrogens with one attached hydrogen (secondary N) is 1. The van der Waals surface area contributed by atoms with Gasteiger partial charge in [-0.15, -0.1) is 10.2 Å². The Morgan fingerprint density at radius 1 is 1.27 bits per heavy atom. The fourth-order valence-electron chi connectivity index (χ4n) is 5.26. The highest BCUT2D eigenvalue weighted by Gasteiger charge is 2.42. The van der Waals surface area contributed by atoms with Gasteiger partial charge in [0.1, 0.15) is 5.75 Å². The van der Waals surface area contributed by atoms with E-state index in [0.717, 1.165) is 40.7 Å². The fourth-order valence-corrected chi connectivity index (χ4v) is 6.18. The molecule has 6 nitrogen and oxygen atoms in total. The van der Waals surface area contributed by atoms with E-state index in [1.165, 1.54) is 37.4 Å². The third-order valence-corrected chi connectivity index (χ3v) is 7.92. The summed E-state index contributed by atoms with van der Waals surface area (Å²) < 4.78 is 7.54. The molecule has 1 heterocycles. The number of carbonyl (C=O) groups is 1. The maximum atomic E-state index is 12.9. The third kappa shape index (κ3) is 4.09. The summed E-state index contributed by atoms with van der Waals surface area (Å²) in [4.78, 5) is 12.9. The Kier molecular flexibility index (Phi) is 6.37. The number of hydrogen-bond donors (Lipinski definition) is 1. The summed E-state index contributed by atoms with van der Waals surface area (Å²) in [7, 11) is 1.66. The number of fused-ring (bicyclic) bond motifs is 2. The van der Waals surface area contributed by atoms with Gasteiger partial charge in [-0.3, -0.25) is 4.79 Å². The minimum atomic E-state index is -0.231. The van der Waals surface area contributed by atoms with Crippen molar-refractivity contribution in [2.45, 2.75) is 69.4 Å². The third-order valence-electron chi connectivity index (χ3n) is 6.84. The highest BCUT2D eigenvalue weighted by Crippen LogP contribution is 2.49. The van der Waals surface area contributed by atoms with Gasteiger partial charge in [-0.25, -0.2) is 0 Å². The van der Waals surface area contributed by atoms with Crippen molar-refractivity contribution in [1.82, 2.24) is 20.1 Å². The lowest BCUT2D eigenvalue weighted by molar-refractivity contribution is -0.121. The van der Waals surface area contributed by atoms with Crippen molar-refractivity contribution in [3.05, 3.63) is 24.3 Å². The Balaban J connectivity index is 1.43. The predicted molar refractivity (Wildman–Crippen MR) is 120 cm³/mol. The second kappa shape index (κ2) is 9.00. The van der Waals surface area contributed by atoms with Crippen molar-refractivity contribution in [2.75, 3.05) is 7.11 Å². The molecule has 2 saturated carbocycles. The molecule has 162 valence electrons. The van der Waals surface area contributed by atoms with Gasteiger partial charge in [-0.2, -0.15) is 0 Å². The molecular formula is C23H32N4O2S. The molecule has 0 radical (unpaired) electrons. The number of benzene rings is 1. The molecule has 2 aliphatic carbocycles. The second-order valence-electron chi connectivity index (χ2n) is 8.65. The first-order valence-electron chi connectivity index (χ1n) is 11.0. The van der Waals surface area contributed by atoms with Crippen LogP contribution < -0.4 is 10.1 Å². The van der Waals surface area contributed by atoms with E-state index in [1.807, 2.05) is 35.8 Å². The first-order chi connectivity index (χ1) is 14.5. The molecule has 30 heavy (non-hydrogen) atoms. The highest BCUT2D eigenvalue weighted by molar-refractivity contribution is 8.00. The van der Waals surface area contributed by atoms with E-state index < -0.39 is 0 Å². The lowest BCUT2D eigenvalue weighted by Gasteiger charge is -2.29. The van der Waals surface area contributed by atoms with Crippen LogP contribution in [-0.2, 0) is 11.3 Å². The van der Waals surface area contributed by atoms with Crippen LogP contribution in [0.4, 0.5) is 0 Å². The molecule has 5 atom stereocenters. The molecule has 2 aliphatic rings. The standard InChI is InChI=1S/C23H32N4O2S/c1-5-27-21(18-8-6-7-9-20(18)29-4)25-26-23(27)30-15(3)22(28)24-14(2)19-13-16-10-11-17(19)12-16/h6-9,14-17,19H,5,10-13H2,1-4H3,(H,24,28)/t14-,15+,16-,17-,19-/m0/s1. The van der Waals surface area contributed by atoms with Gasteiger partial charge in [0.05, 0.1) is 17.9 Å². The first-order valence-corrected chi connectivity index (χ1v) is 11.9. The van der Waals surface area contributed by atoms with E-state index in [9.17, 15) is 4.79 Å². The number of carbonyl (C=O) groups excluding carboxylic acids is 1. The number of ether oxygens (including phenoxy) is 1. The van der Waals surface area contributed by atoms with Crippen LogP contribution in [0.5, 0.6) is 5.75 Å². The first kappa shape index (κ1) is 21.2.